The molecule has 0 aliphatic heterocycles. The maximum Gasteiger partial charge on any atom is 0.0385 e. The van der Waals surface area contributed by atoms with Gasteiger partial charge in [-0.05, 0) is 124 Å². The summed E-state index contributed by atoms with van der Waals surface area (Å²) in [6, 6.07) is 46.4. The van der Waals surface area contributed by atoms with Crippen molar-refractivity contribution in [1.29, 1.82) is 0 Å². The summed E-state index contributed by atoms with van der Waals surface area (Å²) >= 11 is 0. The molecule has 0 bridgehead atoms. The van der Waals surface area contributed by atoms with Crippen LogP contribution >= 0.6 is 0 Å². The summed E-state index contributed by atoms with van der Waals surface area (Å²) < 4.78 is 0. The van der Waals surface area contributed by atoms with Gasteiger partial charge in [-0.2, -0.15) is 0 Å². The molecule has 7 rings (SSSR count). The topological polar surface area (TPSA) is 76.1 Å². The molecule has 0 unspecified atom stereocenters. The number of nitrogens with two attached hydrogens (primary N) is 2. The molecular formula is C37H30N4. The summed E-state index contributed by atoms with van der Waals surface area (Å²) in [5.41, 5.74) is 27.6. The second-order valence-corrected chi connectivity index (χ2v) is 10.6. The molecule has 0 spiro atoms. The molecule has 0 amide bonds. The van der Waals surface area contributed by atoms with Crippen LogP contribution in [0.3, 0.4) is 0 Å². The van der Waals surface area contributed by atoms with Gasteiger partial charge in [0.1, 0.15) is 0 Å². The highest BCUT2D eigenvalue weighted by Gasteiger charge is 2.19. The van der Waals surface area contributed by atoms with E-state index in [1.54, 1.807) is 0 Å². The third kappa shape index (κ3) is 5.11. The summed E-state index contributed by atoms with van der Waals surface area (Å²) in [7, 11) is 0. The predicted octanol–water partition coefficient (Wildman–Crippen LogP) is 9.24. The molecule has 4 nitrogen and oxygen atoms in total. The summed E-state index contributed by atoms with van der Waals surface area (Å²) in [4.78, 5) is 0. The maximum absolute atomic E-state index is 5.80. The minimum atomic E-state index is 0.762. The fourth-order valence-electron chi connectivity index (χ4n) is 5.53. The Labute approximate surface area is 240 Å². The molecule has 0 aromatic heterocycles. The Hall–Kier alpha value is -5.48. The van der Waals surface area contributed by atoms with Crippen LogP contribution in [0.25, 0.3) is 33.4 Å². The minimum absolute atomic E-state index is 0.762. The van der Waals surface area contributed by atoms with E-state index in [2.05, 4.69) is 95.6 Å². The van der Waals surface area contributed by atoms with Gasteiger partial charge in [0.15, 0.2) is 0 Å². The number of nitrogens with one attached hydrogen (secondary N) is 2. The molecule has 0 saturated heterocycles. The lowest BCUT2D eigenvalue weighted by molar-refractivity contribution is 1.26. The smallest absolute Gasteiger partial charge is 0.0385 e. The quantitative estimate of drug-likeness (QED) is 0.162. The molecule has 198 valence electrons. The average molecular weight is 531 g/mol. The van der Waals surface area contributed by atoms with Crippen LogP contribution in [0.4, 0.5) is 34.1 Å². The molecule has 41 heavy (non-hydrogen) atoms. The van der Waals surface area contributed by atoms with Gasteiger partial charge in [-0.1, -0.05) is 60.7 Å². The molecule has 0 fully saturated rings. The maximum atomic E-state index is 5.80. The first-order valence-electron chi connectivity index (χ1n) is 13.8. The van der Waals surface area contributed by atoms with Crippen molar-refractivity contribution in [3.63, 3.8) is 0 Å². The lowest BCUT2D eigenvalue weighted by atomic mass is 9.98. The molecule has 6 aromatic carbocycles. The first-order chi connectivity index (χ1) is 20.1. The third-order valence-electron chi connectivity index (χ3n) is 7.72. The van der Waals surface area contributed by atoms with E-state index in [4.69, 9.17) is 11.5 Å². The Kier molecular flexibility index (Phi) is 6.14. The zero-order valence-electron chi connectivity index (χ0n) is 22.6. The van der Waals surface area contributed by atoms with Crippen LogP contribution in [0.2, 0.25) is 0 Å². The fraction of sp³-hybridized carbons (Fsp3) is 0.0270. The lowest BCUT2D eigenvalue weighted by Crippen LogP contribution is -1.91. The van der Waals surface area contributed by atoms with Gasteiger partial charge < -0.3 is 22.1 Å². The van der Waals surface area contributed by atoms with Gasteiger partial charge in [0.2, 0.25) is 0 Å². The average Bonchev–Trinajstić information content (AvgIpc) is 3.37. The minimum Gasteiger partial charge on any atom is -0.399 e. The number of fused-ring (bicyclic) bond motifs is 3. The SMILES string of the molecule is Nc1ccc(Nc2ccc(-c3ccc4c(c3)Cc3cc(-c5ccc(Nc6ccc(N)cc6)cc5)ccc3-4)cc2)cc1. The van der Waals surface area contributed by atoms with Crippen molar-refractivity contribution in [2.75, 3.05) is 22.1 Å². The molecule has 6 aromatic rings. The van der Waals surface area contributed by atoms with E-state index in [1.807, 2.05) is 48.5 Å². The molecule has 0 heterocycles. The first kappa shape index (κ1) is 24.6. The Morgan fingerprint density at radius 2 is 0.683 bits per heavy atom. The van der Waals surface area contributed by atoms with Crippen LogP contribution in [-0.2, 0) is 6.42 Å². The highest BCUT2D eigenvalue weighted by molar-refractivity contribution is 5.83. The molecule has 0 atom stereocenters. The second-order valence-electron chi connectivity index (χ2n) is 10.6. The van der Waals surface area contributed by atoms with Crippen LogP contribution < -0.4 is 22.1 Å². The number of benzene rings is 6. The summed E-state index contributed by atoms with van der Waals surface area (Å²) in [5, 5.41) is 6.87. The van der Waals surface area contributed by atoms with Crippen LogP contribution in [0.15, 0.2) is 133 Å². The van der Waals surface area contributed by atoms with Gasteiger partial charge >= 0.3 is 0 Å². The monoisotopic (exact) mass is 530 g/mol. The predicted molar refractivity (Wildman–Crippen MR) is 174 cm³/mol. The fourth-order valence-corrected chi connectivity index (χ4v) is 5.53. The number of hydrogen-bond donors (Lipinski definition) is 4. The van der Waals surface area contributed by atoms with Crippen molar-refractivity contribution in [3.05, 3.63) is 145 Å². The van der Waals surface area contributed by atoms with Crippen molar-refractivity contribution < 1.29 is 0 Å². The van der Waals surface area contributed by atoms with Crippen LogP contribution in [0.1, 0.15) is 11.1 Å². The van der Waals surface area contributed by atoms with E-state index in [0.29, 0.717) is 0 Å². The van der Waals surface area contributed by atoms with Gasteiger partial charge in [0.05, 0.1) is 0 Å². The van der Waals surface area contributed by atoms with Crippen LogP contribution in [0.5, 0.6) is 0 Å². The zero-order chi connectivity index (χ0) is 27.8. The van der Waals surface area contributed by atoms with Gasteiger partial charge in [-0.3, -0.25) is 0 Å². The van der Waals surface area contributed by atoms with Crippen molar-refractivity contribution >= 4 is 34.1 Å². The Bertz CT molecular complexity index is 1700. The normalized spacial score (nSPS) is 11.5. The molecule has 6 N–H and O–H groups in total. The zero-order valence-corrected chi connectivity index (χ0v) is 22.6. The van der Waals surface area contributed by atoms with Crippen molar-refractivity contribution in [1.82, 2.24) is 0 Å². The van der Waals surface area contributed by atoms with E-state index in [-0.39, 0.29) is 0 Å². The summed E-state index contributed by atoms with van der Waals surface area (Å²) in [6.45, 7) is 0. The lowest BCUT2D eigenvalue weighted by Gasteiger charge is -2.10. The Morgan fingerprint density at radius 3 is 1.05 bits per heavy atom. The summed E-state index contributed by atoms with van der Waals surface area (Å²) in [6.07, 6.45) is 0.944. The van der Waals surface area contributed by atoms with E-state index in [1.165, 1.54) is 44.5 Å². The molecule has 4 heteroatoms. The number of nitrogen functional groups attached to an aromatic ring is 2. The van der Waals surface area contributed by atoms with E-state index >= 15 is 0 Å². The van der Waals surface area contributed by atoms with Crippen molar-refractivity contribution in [2.45, 2.75) is 6.42 Å². The standard InChI is InChI=1S/C37H30N4/c38-30-7-15-34(16-8-30)40-32-11-1-24(2-12-32)26-5-19-36-28(21-26)23-29-22-27(6-20-37(29)36)25-3-13-33(14-4-25)41-35-17-9-31(39)10-18-35/h1-22,40-41H,23,38-39H2. The van der Waals surface area contributed by atoms with Gasteiger partial charge in [-0.25, -0.2) is 0 Å². The molecule has 1 aliphatic carbocycles. The first-order valence-corrected chi connectivity index (χ1v) is 13.8. The van der Waals surface area contributed by atoms with Gasteiger partial charge in [-0.15, -0.1) is 0 Å². The summed E-state index contributed by atoms with van der Waals surface area (Å²) in [5.74, 6) is 0. The Balaban J connectivity index is 1.06. The highest BCUT2D eigenvalue weighted by atomic mass is 14.9. The van der Waals surface area contributed by atoms with E-state index in [0.717, 1.165) is 40.5 Å². The number of hydrogen-bond acceptors (Lipinski definition) is 4. The highest BCUT2D eigenvalue weighted by Crippen LogP contribution is 2.40. The number of rotatable bonds is 6. The van der Waals surface area contributed by atoms with Gasteiger partial charge in [0, 0.05) is 34.1 Å². The number of anilines is 6. The van der Waals surface area contributed by atoms with E-state index in [9.17, 15) is 0 Å². The van der Waals surface area contributed by atoms with Crippen LogP contribution in [0, 0.1) is 0 Å². The van der Waals surface area contributed by atoms with Crippen molar-refractivity contribution in [3.8, 4) is 33.4 Å². The molecular weight excluding hydrogens is 500 g/mol. The van der Waals surface area contributed by atoms with E-state index < -0.39 is 0 Å². The third-order valence-corrected chi connectivity index (χ3v) is 7.72. The van der Waals surface area contributed by atoms with Crippen molar-refractivity contribution in [2.24, 2.45) is 0 Å². The second kappa shape index (κ2) is 10.2. The largest absolute Gasteiger partial charge is 0.399 e. The molecule has 0 radical (unpaired) electrons. The Morgan fingerprint density at radius 1 is 0.366 bits per heavy atom. The van der Waals surface area contributed by atoms with Gasteiger partial charge in [0.25, 0.3) is 0 Å². The molecule has 0 saturated carbocycles. The molecule has 1 aliphatic rings. The van der Waals surface area contributed by atoms with Crippen LogP contribution in [-0.4, -0.2) is 0 Å².